The number of hydrogen-bond acceptors (Lipinski definition) is 4. The molecule has 138 valence electrons. The van der Waals surface area contributed by atoms with E-state index in [2.05, 4.69) is 5.32 Å². The SMILES string of the molecule is COc1cccc(OCC2CN(C(=S)Nc3ccc(F)cc3)CCO2)c1. The number of halogens is 1. The predicted octanol–water partition coefficient (Wildman–Crippen LogP) is 3.31. The van der Waals surface area contributed by atoms with Crippen molar-refractivity contribution in [1.82, 2.24) is 4.90 Å². The molecule has 7 heteroatoms. The van der Waals surface area contributed by atoms with Crippen LogP contribution >= 0.6 is 12.2 Å². The van der Waals surface area contributed by atoms with Gasteiger partial charge in [0.15, 0.2) is 5.11 Å². The van der Waals surface area contributed by atoms with Crippen LogP contribution in [0.3, 0.4) is 0 Å². The Hall–Kier alpha value is -2.38. The van der Waals surface area contributed by atoms with Crippen molar-refractivity contribution in [3.63, 3.8) is 0 Å². The zero-order valence-electron chi connectivity index (χ0n) is 14.5. The molecule has 5 nitrogen and oxygen atoms in total. The molecule has 26 heavy (non-hydrogen) atoms. The summed E-state index contributed by atoms with van der Waals surface area (Å²) in [6, 6.07) is 13.6. The zero-order valence-corrected chi connectivity index (χ0v) is 15.3. The van der Waals surface area contributed by atoms with Crippen LogP contribution in [0.1, 0.15) is 0 Å². The molecule has 1 fully saturated rings. The molecule has 0 spiro atoms. The highest BCUT2D eigenvalue weighted by molar-refractivity contribution is 7.80. The number of benzene rings is 2. The van der Waals surface area contributed by atoms with Gasteiger partial charge < -0.3 is 24.4 Å². The fraction of sp³-hybridized carbons (Fsp3) is 0.316. The zero-order chi connectivity index (χ0) is 18.4. The van der Waals surface area contributed by atoms with E-state index in [-0.39, 0.29) is 11.9 Å². The number of methoxy groups -OCH3 is 1. The number of ether oxygens (including phenoxy) is 3. The monoisotopic (exact) mass is 376 g/mol. The van der Waals surface area contributed by atoms with E-state index < -0.39 is 0 Å². The van der Waals surface area contributed by atoms with E-state index in [1.54, 1.807) is 19.2 Å². The normalized spacial score (nSPS) is 16.8. The van der Waals surface area contributed by atoms with Crippen LogP contribution in [-0.4, -0.2) is 49.5 Å². The Kier molecular flexibility index (Phi) is 6.25. The van der Waals surface area contributed by atoms with Crippen LogP contribution in [-0.2, 0) is 4.74 Å². The maximum Gasteiger partial charge on any atom is 0.173 e. The minimum atomic E-state index is -0.275. The van der Waals surface area contributed by atoms with Gasteiger partial charge in [0.05, 0.1) is 13.7 Å². The van der Waals surface area contributed by atoms with Crippen molar-refractivity contribution in [1.29, 1.82) is 0 Å². The standard InChI is InChI=1S/C19H21FN2O3S/c1-23-16-3-2-4-17(11-16)25-13-18-12-22(9-10-24-18)19(26)21-15-7-5-14(20)6-8-15/h2-8,11,18H,9-10,12-13H2,1H3,(H,21,26). The van der Waals surface area contributed by atoms with Crippen molar-refractivity contribution in [2.75, 3.05) is 38.7 Å². The van der Waals surface area contributed by atoms with Crippen LogP contribution in [0, 0.1) is 5.82 Å². The molecule has 0 bridgehead atoms. The molecule has 0 radical (unpaired) electrons. The molecule has 3 rings (SSSR count). The van der Waals surface area contributed by atoms with E-state index in [1.807, 2.05) is 29.2 Å². The third kappa shape index (κ3) is 5.06. The van der Waals surface area contributed by atoms with Gasteiger partial charge in [0, 0.05) is 24.8 Å². The van der Waals surface area contributed by atoms with E-state index >= 15 is 0 Å². The molecule has 1 aliphatic rings. The Morgan fingerprint density at radius 3 is 2.81 bits per heavy atom. The second kappa shape index (κ2) is 8.82. The summed E-state index contributed by atoms with van der Waals surface area (Å²) < 4.78 is 29.8. The van der Waals surface area contributed by atoms with E-state index in [4.69, 9.17) is 26.4 Å². The smallest absolute Gasteiger partial charge is 0.173 e. The van der Waals surface area contributed by atoms with Crippen LogP contribution in [0.15, 0.2) is 48.5 Å². The second-order valence-corrected chi connectivity index (χ2v) is 6.25. The molecule has 1 aliphatic heterocycles. The van der Waals surface area contributed by atoms with Crippen LogP contribution in [0.5, 0.6) is 11.5 Å². The molecule has 1 atom stereocenters. The molecule has 0 saturated carbocycles. The average molecular weight is 376 g/mol. The molecule has 1 N–H and O–H groups in total. The molecule has 2 aromatic carbocycles. The Bertz CT molecular complexity index is 742. The maximum atomic E-state index is 13.0. The van der Waals surface area contributed by atoms with Gasteiger partial charge in [-0.3, -0.25) is 0 Å². The fourth-order valence-corrected chi connectivity index (χ4v) is 2.90. The largest absolute Gasteiger partial charge is 0.497 e. The number of nitrogens with zero attached hydrogens (tertiary/aromatic N) is 1. The number of morpholine rings is 1. The van der Waals surface area contributed by atoms with Crippen molar-refractivity contribution >= 4 is 23.0 Å². The first-order valence-electron chi connectivity index (χ1n) is 8.34. The molecule has 2 aromatic rings. The van der Waals surface area contributed by atoms with Crippen molar-refractivity contribution in [2.24, 2.45) is 0 Å². The van der Waals surface area contributed by atoms with Gasteiger partial charge in [-0.05, 0) is 48.6 Å². The molecule has 0 aromatic heterocycles. The first kappa shape index (κ1) is 18.4. The van der Waals surface area contributed by atoms with Gasteiger partial charge in [-0.15, -0.1) is 0 Å². The molecular weight excluding hydrogens is 355 g/mol. The number of thiocarbonyl (C=S) groups is 1. The lowest BCUT2D eigenvalue weighted by atomic mass is 10.3. The molecular formula is C19H21FN2O3S. The first-order chi connectivity index (χ1) is 12.6. The Labute approximate surface area is 157 Å². The third-order valence-electron chi connectivity index (χ3n) is 4.00. The first-order valence-corrected chi connectivity index (χ1v) is 8.75. The molecule has 0 aliphatic carbocycles. The summed E-state index contributed by atoms with van der Waals surface area (Å²) in [7, 11) is 1.62. The predicted molar refractivity (Wildman–Crippen MR) is 102 cm³/mol. The van der Waals surface area contributed by atoms with Crippen molar-refractivity contribution in [3.8, 4) is 11.5 Å². The topological polar surface area (TPSA) is 43.0 Å². The lowest BCUT2D eigenvalue weighted by Gasteiger charge is -2.34. The number of anilines is 1. The highest BCUT2D eigenvalue weighted by Gasteiger charge is 2.23. The highest BCUT2D eigenvalue weighted by Crippen LogP contribution is 2.20. The van der Waals surface area contributed by atoms with Crippen LogP contribution in [0.2, 0.25) is 0 Å². The van der Waals surface area contributed by atoms with Crippen molar-refractivity contribution in [2.45, 2.75) is 6.10 Å². The average Bonchev–Trinajstić information content (AvgIpc) is 2.68. The summed E-state index contributed by atoms with van der Waals surface area (Å²) in [4.78, 5) is 2.03. The number of rotatable bonds is 5. The van der Waals surface area contributed by atoms with Gasteiger partial charge in [-0.2, -0.15) is 0 Å². The summed E-state index contributed by atoms with van der Waals surface area (Å²) in [6.45, 7) is 2.31. The summed E-state index contributed by atoms with van der Waals surface area (Å²) in [5.41, 5.74) is 0.757. The quantitative estimate of drug-likeness (QED) is 0.808. The summed E-state index contributed by atoms with van der Waals surface area (Å²) >= 11 is 5.46. The van der Waals surface area contributed by atoms with Crippen LogP contribution < -0.4 is 14.8 Å². The molecule has 0 amide bonds. The minimum absolute atomic E-state index is 0.0945. The molecule has 1 unspecified atom stereocenters. The Balaban J connectivity index is 1.51. The van der Waals surface area contributed by atoms with Crippen molar-refractivity contribution in [3.05, 3.63) is 54.3 Å². The fourth-order valence-electron chi connectivity index (χ4n) is 2.62. The lowest BCUT2D eigenvalue weighted by Crippen LogP contribution is -2.49. The van der Waals surface area contributed by atoms with Gasteiger partial charge in [0.1, 0.15) is 30.0 Å². The second-order valence-electron chi connectivity index (χ2n) is 5.87. The number of nitrogens with one attached hydrogen (secondary N) is 1. The van der Waals surface area contributed by atoms with Crippen LogP contribution in [0.25, 0.3) is 0 Å². The lowest BCUT2D eigenvalue weighted by molar-refractivity contribution is -0.0280. The molecule has 1 saturated heterocycles. The van der Waals surface area contributed by atoms with Crippen LogP contribution in [0.4, 0.5) is 10.1 Å². The van der Waals surface area contributed by atoms with Gasteiger partial charge in [0.25, 0.3) is 0 Å². The highest BCUT2D eigenvalue weighted by atomic mass is 32.1. The summed E-state index contributed by atoms with van der Waals surface area (Å²) in [5, 5.41) is 3.72. The minimum Gasteiger partial charge on any atom is -0.497 e. The third-order valence-corrected chi connectivity index (χ3v) is 4.36. The van der Waals surface area contributed by atoms with Crippen molar-refractivity contribution < 1.29 is 18.6 Å². The van der Waals surface area contributed by atoms with E-state index in [0.717, 1.165) is 17.2 Å². The van der Waals surface area contributed by atoms with E-state index in [9.17, 15) is 4.39 Å². The van der Waals surface area contributed by atoms with E-state index in [0.29, 0.717) is 31.4 Å². The maximum absolute atomic E-state index is 13.0. The van der Waals surface area contributed by atoms with Gasteiger partial charge in [-0.1, -0.05) is 6.07 Å². The Morgan fingerprint density at radius 2 is 2.04 bits per heavy atom. The van der Waals surface area contributed by atoms with E-state index in [1.165, 1.54) is 12.1 Å². The molecule has 1 heterocycles. The summed E-state index contributed by atoms with van der Waals surface area (Å²) in [5.74, 6) is 1.21. The van der Waals surface area contributed by atoms with Gasteiger partial charge in [-0.25, -0.2) is 4.39 Å². The Morgan fingerprint density at radius 1 is 1.27 bits per heavy atom. The number of hydrogen-bond donors (Lipinski definition) is 1. The van der Waals surface area contributed by atoms with Gasteiger partial charge in [0.2, 0.25) is 0 Å². The summed E-state index contributed by atoms with van der Waals surface area (Å²) in [6.07, 6.45) is -0.0945. The van der Waals surface area contributed by atoms with Gasteiger partial charge >= 0.3 is 0 Å².